The summed E-state index contributed by atoms with van der Waals surface area (Å²) in [5.74, 6) is -1.40. The van der Waals surface area contributed by atoms with Crippen LogP contribution in [-0.4, -0.2) is 45.4 Å². The molecule has 2 rings (SSSR count). The zero-order valence-corrected chi connectivity index (χ0v) is 13.2. The molecule has 1 N–H and O–H groups in total. The lowest BCUT2D eigenvalue weighted by Crippen LogP contribution is -2.43. The van der Waals surface area contributed by atoms with Crippen molar-refractivity contribution in [2.24, 2.45) is 0 Å². The minimum Gasteiger partial charge on any atom is -0.548 e. The molecular weight excluding hydrogens is 320 g/mol. The van der Waals surface area contributed by atoms with Crippen LogP contribution in [0.5, 0.6) is 0 Å². The van der Waals surface area contributed by atoms with Crippen molar-refractivity contribution in [1.82, 2.24) is 20.3 Å². The molecule has 0 radical (unpaired) electrons. The van der Waals surface area contributed by atoms with Crippen molar-refractivity contribution in [3.8, 4) is 0 Å². The summed E-state index contributed by atoms with van der Waals surface area (Å²) in [7, 11) is 0. The molecule has 0 saturated heterocycles. The summed E-state index contributed by atoms with van der Waals surface area (Å²) >= 11 is 1.50. The second kappa shape index (κ2) is 7.73. The van der Waals surface area contributed by atoms with Crippen LogP contribution in [0.1, 0.15) is 12.5 Å². The number of hydrogen-bond acceptors (Lipinski definition) is 7. The second-order valence-electron chi connectivity index (χ2n) is 4.74. The van der Waals surface area contributed by atoms with Gasteiger partial charge in [-0.05, 0) is 30.6 Å². The average molecular weight is 335 g/mol. The number of thioether (sulfide) groups is 1. The lowest BCUT2D eigenvalue weighted by atomic mass is 10.2. The van der Waals surface area contributed by atoms with Crippen LogP contribution in [0, 0.1) is 0 Å². The Morgan fingerprint density at radius 2 is 2.13 bits per heavy atom. The molecule has 8 nitrogen and oxygen atoms in total. The zero-order chi connectivity index (χ0) is 16.8. The number of carboxylic acid groups (broad SMARTS) is 1. The third-order valence-electron chi connectivity index (χ3n) is 3.19. The molecule has 0 unspecified atom stereocenters. The number of carboxylic acids is 1. The van der Waals surface area contributed by atoms with Gasteiger partial charge in [0.15, 0.2) is 0 Å². The van der Waals surface area contributed by atoms with Crippen LogP contribution in [0.2, 0.25) is 0 Å². The Balaban J connectivity index is 2.38. The van der Waals surface area contributed by atoms with E-state index < -0.39 is 30.0 Å². The zero-order valence-electron chi connectivity index (χ0n) is 12.4. The molecular formula is C14H15N4O4S-. The van der Waals surface area contributed by atoms with Gasteiger partial charge >= 0.3 is 0 Å². The van der Waals surface area contributed by atoms with Crippen LogP contribution < -0.4 is 16.0 Å². The smallest absolute Gasteiger partial charge is 0.278 e. The molecule has 9 heteroatoms. The number of aliphatic carboxylic acids is 1. The molecule has 1 heterocycles. The first-order chi connectivity index (χ1) is 11.0. The maximum atomic E-state index is 12.5. The molecule has 0 saturated carbocycles. The van der Waals surface area contributed by atoms with Gasteiger partial charge in [0.05, 0.1) is 17.9 Å². The van der Waals surface area contributed by atoms with E-state index in [1.54, 1.807) is 24.3 Å². The molecule has 2 aromatic rings. The second-order valence-corrected chi connectivity index (χ2v) is 5.73. The number of fused-ring (bicyclic) bond motifs is 1. The fourth-order valence-electron chi connectivity index (χ4n) is 2.08. The number of aromatic nitrogens is 3. The first-order valence-corrected chi connectivity index (χ1v) is 8.24. The molecule has 1 atom stereocenters. The number of nitrogens with zero attached hydrogens (tertiary/aromatic N) is 3. The standard InChI is InChI=1S/C14H16N4O4S/c1-23-7-6-11(13(21)15-8-12(19)20)18-14(22)9-4-2-3-5-10(9)16-17-18/h2-5,11H,6-8H2,1H3,(H,15,21)(H,19,20)/p-1/t11-/m0/s1. The SMILES string of the molecule is CSCC[C@@H](C(=O)NCC(=O)[O-])n1nnc2ccccc2c1=O. The summed E-state index contributed by atoms with van der Waals surface area (Å²) < 4.78 is 1.00. The topological polar surface area (TPSA) is 117 Å². The quantitative estimate of drug-likeness (QED) is 0.686. The van der Waals surface area contributed by atoms with Crippen molar-refractivity contribution >= 4 is 34.5 Å². The number of rotatable bonds is 7. The summed E-state index contributed by atoms with van der Waals surface area (Å²) in [5.41, 5.74) is -0.00202. The van der Waals surface area contributed by atoms with Crippen molar-refractivity contribution in [1.29, 1.82) is 0 Å². The predicted octanol–water partition coefficient (Wildman–Crippen LogP) is -1.05. The number of amides is 1. The van der Waals surface area contributed by atoms with Gasteiger partial charge in [0, 0.05) is 0 Å². The first-order valence-electron chi connectivity index (χ1n) is 6.85. The first kappa shape index (κ1) is 16.9. The number of carbonyl (C=O) groups excluding carboxylic acids is 2. The Hall–Kier alpha value is -2.42. The molecule has 0 aliphatic carbocycles. The molecule has 1 amide bonds. The van der Waals surface area contributed by atoms with Gasteiger partial charge in [-0.1, -0.05) is 17.3 Å². The van der Waals surface area contributed by atoms with Crippen molar-refractivity contribution in [3.05, 3.63) is 34.6 Å². The maximum absolute atomic E-state index is 12.5. The van der Waals surface area contributed by atoms with Gasteiger partial charge in [-0.25, -0.2) is 0 Å². The van der Waals surface area contributed by atoms with E-state index in [2.05, 4.69) is 15.6 Å². The van der Waals surface area contributed by atoms with Crippen LogP contribution in [0.4, 0.5) is 0 Å². The van der Waals surface area contributed by atoms with Crippen molar-refractivity contribution in [2.45, 2.75) is 12.5 Å². The molecule has 0 spiro atoms. The Labute approximate surface area is 135 Å². The number of hydrogen-bond donors (Lipinski definition) is 1. The third-order valence-corrected chi connectivity index (χ3v) is 3.84. The van der Waals surface area contributed by atoms with Crippen LogP contribution in [0.15, 0.2) is 29.1 Å². The summed E-state index contributed by atoms with van der Waals surface area (Å²) in [6, 6.07) is 5.77. The number of nitrogens with one attached hydrogen (secondary N) is 1. The van der Waals surface area contributed by atoms with Gasteiger partial charge in [0.1, 0.15) is 11.6 Å². The van der Waals surface area contributed by atoms with Gasteiger partial charge in [0.2, 0.25) is 5.91 Å². The Morgan fingerprint density at radius 1 is 1.39 bits per heavy atom. The monoisotopic (exact) mass is 335 g/mol. The van der Waals surface area contributed by atoms with Gasteiger partial charge < -0.3 is 15.2 Å². The van der Waals surface area contributed by atoms with Crippen molar-refractivity contribution in [3.63, 3.8) is 0 Å². The Morgan fingerprint density at radius 3 is 2.83 bits per heavy atom. The molecule has 122 valence electrons. The number of benzene rings is 1. The highest BCUT2D eigenvalue weighted by molar-refractivity contribution is 7.98. The summed E-state index contributed by atoms with van der Waals surface area (Å²) in [5, 5.41) is 20.8. The van der Waals surface area contributed by atoms with Gasteiger partial charge in [0.25, 0.3) is 5.56 Å². The van der Waals surface area contributed by atoms with E-state index in [-0.39, 0.29) is 0 Å². The molecule has 0 bridgehead atoms. The van der Waals surface area contributed by atoms with E-state index >= 15 is 0 Å². The predicted molar refractivity (Wildman–Crippen MR) is 83.9 cm³/mol. The largest absolute Gasteiger partial charge is 0.548 e. The van der Waals surface area contributed by atoms with Crippen LogP contribution in [0.3, 0.4) is 0 Å². The minimum atomic E-state index is -1.40. The highest BCUT2D eigenvalue weighted by Gasteiger charge is 2.23. The van der Waals surface area contributed by atoms with Crippen LogP contribution in [-0.2, 0) is 9.59 Å². The van der Waals surface area contributed by atoms with Crippen molar-refractivity contribution in [2.75, 3.05) is 18.6 Å². The van der Waals surface area contributed by atoms with E-state index in [4.69, 9.17) is 0 Å². The third kappa shape index (κ3) is 4.07. The van der Waals surface area contributed by atoms with E-state index in [1.807, 2.05) is 6.26 Å². The van der Waals surface area contributed by atoms with E-state index in [1.165, 1.54) is 11.8 Å². The fraction of sp³-hybridized carbons (Fsp3) is 0.357. The van der Waals surface area contributed by atoms with E-state index in [0.29, 0.717) is 23.1 Å². The summed E-state index contributed by atoms with van der Waals surface area (Å²) in [6.45, 7) is -0.621. The Kier molecular flexibility index (Phi) is 5.69. The summed E-state index contributed by atoms with van der Waals surface area (Å²) in [4.78, 5) is 35.2. The van der Waals surface area contributed by atoms with E-state index in [0.717, 1.165) is 4.68 Å². The van der Waals surface area contributed by atoms with Crippen LogP contribution >= 0.6 is 11.8 Å². The lowest BCUT2D eigenvalue weighted by Gasteiger charge is -2.17. The molecule has 0 aliphatic rings. The molecule has 1 aromatic carbocycles. The van der Waals surface area contributed by atoms with Crippen LogP contribution in [0.25, 0.3) is 10.9 Å². The van der Waals surface area contributed by atoms with E-state index in [9.17, 15) is 19.5 Å². The van der Waals surface area contributed by atoms with Gasteiger partial charge in [-0.15, -0.1) is 5.10 Å². The maximum Gasteiger partial charge on any atom is 0.278 e. The average Bonchev–Trinajstić information content (AvgIpc) is 2.55. The Bertz CT molecular complexity index is 777. The van der Waals surface area contributed by atoms with Crippen molar-refractivity contribution < 1.29 is 14.7 Å². The molecule has 0 aliphatic heterocycles. The van der Waals surface area contributed by atoms with Gasteiger partial charge in [-0.2, -0.15) is 16.4 Å². The fourth-order valence-corrected chi connectivity index (χ4v) is 2.54. The number of carbonyl (C=O) groups is 2. The lowest BCUT2D eigenvalue weighted by molar-refractivity contribution is -0.304. The normalized spacial score (nSPS) is 12.0. The molecule has 0 fully saturated rings. The van der Waals surface area contributed by atoms with Gasteiger partial charge in [-0.3, -0.25) is 9.59 Å². The highest BCUT2D eigenvalue weighted by atomic mass is 32.2. The molecule has 1 aromatic heterocycles. The highest BCUT2D eigenvalue weighted by Crippen LogP contribution is 2.13. The minimum absolute atomic E-state index is 0.326. The molecule has 23 heavy (non-hydrogen) atoms. The summed E-state index contributed by atoms with van der Waals surface area (Å²) in [6.07, 6.45) is 2.19.